The average Bonchev–Trinajstić information content (AvgIpc) is 1.85. The number of rotatable bonds is 1. The van der Waals surface area contributed by atoms with Crippen LogP contribution in [0, 0.1) is 0 Å². The first kappa shape index (κ1) is 8.46. The Morgan fingerprint density at radius 3 is 2.73 bits per heavy atom. The van der Waals surface area contributed by atoms with Crippen LogP contribution in [-0.2, 0) is 4.79 Å². The van der Waals surface area contributed by atoms with Crippen molar-refractivity contribution in [3.63, 3.8) is 0 Å². The molecule has 62 valence electrons. The molecular weight excluding hydrogens is 160 g/mol. The first-order chi connectivity index (χ1) is 5.11. The zero-order chi connectivity index (χ0) is 8.43. The third-order valence-corrected chi connectivity index (χ3v) is 2.05. The van der Waals surface area contributed by atoms with Crippen molar-refractivity contribution in [3.05, 3.63) is 0 Å². The van der Waals surface area contributed by atoms with Gasteiger partial charge in [-0.3, -0.25) is 4.79 Å². The van der Waals surface area contributed by atoms with Crippen molar-refractivity contribution in [2.45, 2.75) is 26.3 Å². The maximum atomic E-state index is 10.8. The van der Waals surface area contributed by atoms with Crippen molar-refractivity contribution in [2.75, 3.05) is 6.54 Å². The Morgan fingerprint density at radius 1 is 1.64 bits per heavy atom. The zero-order valence-corrected chi connectivity index (χ0v) is 7.57. The third kappa shape index (κ3) is 1.89. The van der Waals surface area contributed by atoms with Gasteiger partial charge in [-0.2, -0.15) is 0 Å². The minimum absolute atomic E-state index is 0.0342. The molecule has 1 fully saturated rings. The summed E-state index contributed by atoms with van der Waals surface area (Å²) in [5.41, 5.74) is 0. The van der Waals surface area contributed by atoms with Crippen molar-refractivity contribution >= 4 is 23.2 Å². The number of nitrogens with zero attached hydrogens (tertiary/aromatic N) is 1. The summed E-state index contributed by atoms with van der Waals surface area (Å²) in [6, 6.07) is 0.378. The molecule has 0 unspecified atom stereocenters. The van der Waals surface area contributed by atoms with Crippen LogP contribution in [0.25, 0.3) is 0 Å². The molecule has 3 nitrogen and oxygen atoms in total. The smallest absolute Gasteiger partial charge is 0.227 e. The molecular formula is C7H12N2OS. The Bertz CT molecular complexity index is 191. The van der Waals surface area contributed by atoms with Crippen molar-refractivity contribution < 1.29 is 4.79 Å². The maximum Gasteiger partial charge on any atom is 0.227 e. The highest BCUT2D eigenvalue weighted by molar-refractivity contribution is 7.80. The maximum absolute atomic E-state index is 10.8. The molecule has 0 aliphatic carbocycles. The molecule has 0 atom stereocenters. The zero-order valence-electron chi connectivity index (χ0n) is 6.76. The number of nitrogens with one attached hydrogen (secondary N) is 1. The summed E-state index contributed by atoms with van der Waals surface area (Å²) in [6.45, 7) is 4.87. The van der Waals surface area contributed by atoms with Crippen LogP contribution in [0.4, 0.5) is 0 Å². The molecule has 1 heterocycles. The fourth-order valence-corrected chi connectivity index (χ4v) is 1.49. The molecule has 1 amide bonds. The highest BCUT2D eigenvalue weighted by atomic mass is 32.1. The molecule has 0 saturated carbocycles. The summed E-state index contributed by atoms with van der Waals surface area (Å²) >= 11 is 4.97. The molecule has 1 aliphatic rings. The Balaban J connectivity index is 2.57. The lowest BCUT2D eigenvalue weighted by molar-refractivity contribution is -0.120. The fraction of sp³-hybridized carbons (Fsp3) is 0.714. The second kappa shape index (κ2) is 3.17. The Morgan fingerprint density at radius 2 is 2.27 bits per heavy atom. The molecule has 0 radical (unpaired) electrons. The van der Waals surface area contributed by atoms with Gasteiger partial charge in [-0.25, -0.2) is 0 Å². The van der Waals surface area contributed by atoms with Crippen LogP contribution >= 0.6 is 12.2 Å². The molecule has 1 rings (SSSR count). The molecule has 4 heteroatoms. The van der Waals surface area contributed by atoms with Gasteiger partial charge in [-0.05, 0) is 26.1 Å². The largest absolute Gasteiger partial charge is 0.346 e. The predicted molar refractivity (Wildman–Crippen MR) is 47.2 cm³/mol. The van der Waals surface area contributed by atoms with Crippen molar-refractivity contribution in [1.82, 2.24) is 10.2 Å². The van der Waals surface area contributed by atoms with E-state index >= 15 is 0 Å². The monoisotopic (exact) mass is 172 g/mol. The van der Waals surface area contributed by atoms with Gasteiger partial charge in [0.2, 0.25) is 5.91 Å². The van der Waals surface area contributed by atoms with Gasteiger partial charge in [0.15, 0.2) is 5.11 Å². The van der Waals surface area contributed by atoms with Crippen molar-refractivity contribution in [1.29, 1.82) is 0 Å². The highest BCUT2D eigenvalue weighted by Crippen LogP contribution is 2.04. The second-order valence-corrected chi connectivity index (χ2v) is 3.28. The molecule has 0 bridgehead atoms. The van der Waals surface area contributed by atoms with Gasteiger partial charge >= 0.3 is 0 Å². The quantitative estimate of drug-likeness (QED) is 0.585. The summed E-state index contributed by atoms with van der Waals surface area (Å²) in [4.78, 5) is 12.8. The molecule has 1 saturated heterocycles. The number of carbonyl (C=O) groups is 1. The number of hydrogen-bond acceptors (Lipinski definition) is 2. The standard InChI is InChI=1S/C7H12N2OS/c1-5(2)9-4-3-6(10)8-7(9)11/h5H,3-4H2,1-2H3,(H,8,10,11). The lowest BCUT2D eigenvalue weighted by Crippen LogP contribution is -2.51. The minimum atomic E-state index is 0.0342. The van der Waals surface area contributed by atoms with Crippen LogP contribution in [0.2, 0.25) is 0 Å². The van der Waals surface area contributed by atoms with Gasteiger partial charge in [0.1, 0.15) is 0 Å². The van der Waals surface area contributed by atoms with E-state index in [2.05, 4.69) is 19.2 Å². The Labute approximate surface area is 71.8 Å². The van der Waals surface area contributed by atoms with Crippen LogP contribution in [0.5, 0.6) is 0 Å². The van der Waals surface area contributed by atoms with E-state index in [4.69, 9.17) is 12.2 Å². The summed E-state index contributed by atoms with van der Waals surface area (Å²) in [5.74, 6) is 0.0342. The highest BCUT2D eigenvalue weighted by Gasteiger charge is 2.21. The molecule has 0 aromatic rings. The van der Waals surface area contributed by atoms with Crippen LogP contribution in [0.1, 0.15) is 20.3 Å². The van der Waals surface area contributed by atoms with Gasteiger partial charge in [0.05, 0.1) is 0 Å². The van der Waals surface area contributed by atoms with Crippen LogP contribution in [-0.4, -0.2) is 28.5 Å². The first-order valence-corrected chi connectivity index (χ1v) is 4.12. The summed E-state index contributed by atoms with van der Waals surface area (Å²) in [5, 5.41) is 3.20. The van der Waals surface area contributed by atoms with E-state index in [1.54, 1.807) is 0 Å². The summed E-state index contributed by atoms with van der Waals surface area (Å²) < 4.78 is 0. The number of carbonyl (C=O) groups excluding carboxylic acids is 1. The second-order valence-electron chi connectivity index (χ2n) is 2.89. The SMILES string of the molecule is CC(C)N1CCC(=O)NC1=S. The topological polar surface area (TPSA) is 32.3 Å². The third-order valence-electron chi connectivity index (χ3n) is 1.71. The van der Waals surface area contributed by atoms with Crippen LogP contribution in [0.3, 0.4) is 0 Å². The van der Waals surface area contributed by atoms with Gasteiger partial charge in [-0.15, -0.1) is 0 Å². The van der Waals surface area contributed by atoms with Crippen molar-refractivity contribution in [2.24, 2.45) is 0 Å². The normalized spacial score (nSPS) is 19.0. The lowest BCUT2D eigenvalue weighted by Gasteiger charge is -2.32. The van der Waals surface area contributed by atoms with Crippen molar-refractivity contribution in [3.8, 4) is 0 Å². The molecule has 0 aromatic heterocycles. The average molecular weight is 172 g/mol. The van der Waals surface area contributed by atoms with E-state index in [0.717, 1.165) is 6.54 Å². The van der Waals surface area contributed by atoms with Crippen LogP contribution in [0.15, 0.2) is 0 Å². The van der Waals surface area contributed by atoms with E-state index in [-0.39, 0.29) is 5.91 Å². The van der Waals surface area contributed by atoms with Gasteiger partial charge in [0, 0.05) is 19.0 Å². The number of hydrogen-bond donors (Lipinski definition) is 1. The Kier molecular flexibility index (Phi) is 2.44. The van der Waals surface area contributed by atoms with E-state index in [1.807, 2.05) is 4.90 Å². The number of thiocarbonyl (C=S) groups is 1. The summed E-state index contributed by atoms with van der Waals surface area (Å²) in [7, 11) is 0. The number of amides is 1. The molecule has 0 spiro atoms. The molecule has 1 aliphatic heterocycles. The van der Waals surface area contributed by atoms with Gasteiger partial charge < -0.3 is 10.2 Å². The van der Waals surface area contributed by atoms with E-state index in [9.17, 15) is 4.79 Å². The lowest BCUT2D eigenvalue weighted by atomic mass is 10.2. The first-order valence-electron chi connectivity index (χ1n) is 3.71. The van der Waals surface area contributed by atoms with E-state index in [0.29, 0.717) is 17.6 Å². The van der Waals surface area contributed by atoms with Gasteiger partial charge in [-0.1, -0.05) is 0 Å². The van der Waals surface area contributed by atoms with E-state index < -0.39 is 0 Å². The molecule has 11 heavy (non-hydrogen) atoms. The predicted octanol–water partition coefficient (Wildman–Crippen LogP) is 0.502. The fourth-order valence-electron chi connectivity index (χ4n) is 1.07. The summed E-state index contributed by atoms with van der Waals surface area (Å²) in [6.07, 6.45) is 0.554. The molecule has 0 aromatic carbocycles. The minimum Gasteiger partial charge on any atom is -0.346 e. The van der Waals surface area contributed by atoms with Gasteiger partial charge in [0.25, 0.3) is 0 Å². The van der Waals surface area contributed by atoms with Crippen LogP contribution < -0.4 is 5.32 Å². The van der Waals surface area contributed by atoms with E-state index in [1.165, 1.54) is 0 Å². The molecule has 1 N–H and O–H groups in total. The Hall–Kier alpha value is -0.640.